The molecule has 4 nitrogen and oxygen atoms in total. The number of hydrogen-bond acceptors (Lipinski definition) is 4. The van der Waals surface area contributed by atoms with Crippen LogP contribution in [0.2, 0.25) is 0 Å². The topological polar surface area (TPSA) is 32.8 Å². The van der Waals surface area contributed by atoms with Gasteiger partial charge in [-0.2, -0.15) is 0 Å². The van der Waals surface area contributed by atoms with E-state index in [9.17, 15) is 4.79 Å². The summed E-state index contributed by atoms with van der Waals surface area (Å²) in [6.45, 7) is 6.32. The van der Waals surface area contributed by atoms with Gasteiger partial charge in [0.05, 0.1) is 11.0 Å². The van der Waals surface area contributed by atoms with E-state index in [0.29, 0.717) is 13.1 Å². The Morgan fingerprint density at radius 3 is 2.56 bits per heavy atom. The van der Waals surface area contributed by atoms with Gasteiger partial charge in [0.1, 0.15) is 0 Å². The Hall–Kier alpha value is -1.85. The van der Waals surface area contributed by atoms with Crippen molar-refractivity contribution in [3.05, 3.63) is 51.2 Å². The lowest BCUT2D eigenvalue weighted by Crippen LogP contribution is -2.36. The van der Waals surface area contributed by atoms with Gasteiger partial charge in [-0.15, -0.1) is 11.3 Å². The molecule has 0 unspecified atom stereocenters. The normalized spacial score (nSPS) is 16.5. The van der Waals surface area contributed by atoms with E-state index < -0.39 is 0 Å². The molecule has 1 fully saturated rings. The fourth-order valence-electron chi connectivity index (χ4n) is 3.51. The van der Waals surface area contributed by atoms with Crippen LogP contribution in [0.1, 0.15) is 45.4 Å². The molecule has 0 saturated carbocycles. The summed E-state index contributed by atoms with van der Waals surface area (Å²) in [5, 5.41) is 0. The number of aryl methyl sites for hydroxylation is 2. The maximum absolute atomic E-state index is 13.3. The molecular formula is C22H30N2O2S. The maximum Gasteiger partial charge on any atom is 0.264 e. The number of hydrogen-bond donors (Lipinski definition) is 0. The summed E-state index contributed by atoms with van der Waals surface area (Å²) < 4.78 is 5.81. The molecule has 5 heteroatoms. The number of ether oxygens (including phenoxy) is 1. The van der Waals surface area contributed by atoms with Crippen LogP contribution >= 0.6 is 11.3 Å². The average molecular weight is 387 g/mol. The third-order valence-corrected chi connectivity index (χ3v) is 6.48. The SMILES string of the molecule is CCc1sc(C(=O)N(Cc2ccc(N(C)C)cc2)C[C@@H]2CCCO2)cc1C. The Labute approximate surface area is 166 Å². The van der Waals surface area contributed by atoms with Crippen molar-refractivity contribution in [3.63, 3.8) is 0 Å². The van der Waals surface area contributed by atoms with Crippen LogP contribution in [0.25, 0.3) is 0 Å². The summed E-state index contributed by atoms with van der Waals surface area (Å²) in [4.78, 5) is 19.4. The lowest BCUT2D eigenvalue weighted by atomic mass is 10.1. The van der Waals surface area contributed by atoms with E-state index in [1.807, 2.05) is 25.1 Å². The minimum atomic E-state index is 0.120. The fourth-order valence-corrected chi connectivity index (χ4v) is 4.59. The molecule has 146 valence electrons. The first-order chi connectivity index (χ1) is 13.0. The summed E-state index contributed by atoms with van der Waals surface area (Å²) in [7, 11) is 4.07. The summed E-state index contributed by atoms with van der Waals surface area (Å²) in [6.07, 6.45) is 3.25. The predicted octanol–water partition coefficient (Wildman–Crippen LogP) is 4.51. The quantitative estimate of drug-likeness (QED) is 0.702. The first-order valence-corrected chi connectivity index (χ1v) is 10.6. The van der Waals surface area contributed by atoms with Gasteiger partial charge >= 0.3 is 0 Å². The third kappa shape index (κ3) is 4.90. The standard InChI is InChI=1S/C22H30N2O2S/c1-5-20-16(2)13-21(27-20)22(25)24(15-19-7-6-12-26-19)14-17-8-10-18(11-9-17)23(3)4/h8-11,13,19H,5-7,12,14-15H2,1-4H3/t19-/m0/s1. The number of anilines is 1. The molecule has 3 rings (SSSR count). The van der Waals surface area contributed by atoms with Gasteiger partial charge in [0.2, 0.25) is 0 Å². The number of benzene rings is 1. The van der Waals surface area contributed by atoms with Gasteiger partial charge in [0.25, 0.3) is 5.91 Å². The molecule has 0 N–H and O–H groups in total. The van der Waals surface area contributed by atoms with Crippen molar-refractivity contribution in [2.75, 3.05) is 32.1 Å². The van der Waals surface area contributed by atoms with Crippen molar-refractivity contribution in [3.8, 4) is 0 Å². The largest absolute Gasteiger partial charge is 0.378 e. The van der Waals surface area contributed by atoms with Crippen molar-refractivity contribution in [2.45, 2.75) is 45.8 Å². The molecule has 0 spiro atoms. The second kappa shape index (κ2) is 8.89. The third-order valence-electron chi connectivity index (χ3n) is 5.11. The highest BCUT2D eigenvalue weighted by Crippen LogP contribution is 2.25. The molecule has 0 aliphatic carbocycles. The van der Waals surface area contributed by atoms with Crippen LogP contribution < -0.4 is 4.90 Å². The Morgan fingerprint density at radius 2 is 2.00 bits per heavy atom. The van der Waals surface area contributed by atoms with E-state index >= 15 is 0 Å². The highest BCUT2D eigenvalue weighted by atomic mass is 32.1. The molecule has 2 aromatic rings. The zero-order valence-electron chi connectivity index (χ0n) is 16.8. The van der Waals surface area contributed by atoms with Gasteiger partial charge in [0, 0.05) is 44.4 Å². The first kappa shape index (κ1) is 19.9. The van der Waals surface area contributed by atoms with Crippen LogP contribution in [0.5, 0.6) is 0 Å². The van der Waals surface area contributed by atoms with Crippen molar-refractivity contribution in [2.24, 2.45) is 0 Å². The van der Waals surface area contributed by atoms with Gasteiger partial charge in [-0.1, -0.05) is 19.1 Å². The minimum Gasteiger partial charge on any atom is -0.378 e. The van der Waals surface area contributed by atoms with Gasteiger partial charge in [-0.3, -0.25) is 4.79 Å². The number of carbonyl (C=O) groups excluding carboxylic acids is 1. The van der Waals surface area contributed by atoms with E-state index in [1.54, 1.807) is 11.3 Å². The summed E-state index contributed by atoms with van der Waals surface area (Å²) in [5.74, 6) is 0.120. The summed E-state index contributed by atoms with van der Waals surface area (Å²) in [5.41, 5.74) is 3.53. The van der Waals surface area contributed by atoms with Crippen LogP contribution in [-0.2, 0) is 17.7 Å². The van der Waals surface area contributed by atoms with Crippen LogP contribution in [0, 0.1) is 6.92 Å². The van der Waals surface area contributed by atoms with Crippen LogP contribution in [-0.4, -0.2) is 44.2 Å². The number of amides is 1. The average Bonchev–Trinajstić information content (AvgIpc) is 3.30. The molecule has 1 atom stereocenters. The monoisotopic (exact) mass is 386 g/mol. The number of thiophene rings is 1. The Morgan fingerprint density at radius 1 is 1.26 bits per heavy atom. The van der Waals surface area contributed by atoms with E-state index in [1.165, 1.54) is 10.4 Å². The van der Waals surface area contributed by atoms with E-state index in [2.05, 4.69) is 43.0 Å². The lowest BCUT2D eigenvalue weighted by Gasteiger charge is -2.25. The number of rotatable bonds is 7. The maximum atomic E-state index is 13.3. The summed E-state index contributed by atoms with van der Waals surface area (Å²) >= 11 is 1.63. The van der Waals surface area contributed by atoms with Crippen LogP contribution in [0.3, 0.4) is 0 Å². The number of carbonyl (C=O) groups is 1. The second-order valence-corrected chi connectivity index (χ2v) is 8.59. The zero-order valence-corrected chi connectivity index (χ0v) is 17.6. The molecule has 1 aromatic heterocycles. The van der Waals surface area contributed by atoms with Crippen molar-refractivity contribution in [1.82, 2.24) is 4.90 Å². The molecule has 1 aliphatic rings. The van der Waals surface area contributed by atoms with E-state index in [0.717, 1.165) is 42.0 Å². The van der Waals surface area contributed by atoms with Gasteiger partial charge in [-0.05, 0) is 55.5 Å². The van der Waals surface area contributed by atoms with Gasteiger partial charge in [0.15, 0.2) is 0 Å². The summed E-state index contributed by atoms with van der Waals surface area (Å²) in [6, 6.07) is 10.5. The Balaban J connectivity index is 1.79. The predicted molar refractivity (Wildman–Crippen MR) is 113 cm³/mol. The fraction of sp³-hybridized carbons (Fsp3) is 0.500. The Kier molecular flexibility index (Phi) is 6.55. The van der Waals surface area contributed by atoms with Crippen molar-refractivity contribution < 1.29 is 9.53 Å². The highest BCUT2D eigenvalue weighted by molar-refractivity contribution is 7.14. The van der Waals surface area contributed by atoms with Gasteiger partial charge in [-0.25, -0.2) is 0 Å². The smallest absolute Gasteiger partial charge is 0.264 e. The molecular weight excluding hydrogens is 356 g/mol. The molecule has 1 amide bonds. The number of nitrogens with zero attached hydrogens (tertiary/aromatic N) is 2. The molecule has 1 aromatic carbocycles. The Bertz CT molecular complexity index is 761. The van der Waals surface area contributed by atoms with Crippen LogP contribution in [0.15, 0.2) is 30.3 Å². The van der Waals surface area contributed by atoms with Crippen molar-refractivity contribution >= 4 is 22.9 Å². The highest BCUT2D eigenvalue weighted by Gasteiger charge is 2.25. The molecule has 27 heavy (non-hydrogen) atoms. The second-order valence-electron chi connectivity index (χ2n) is 7.45. The van der Waals surface area contributed by atoms with Crippen LogP contribution in [0.4, 0.5) is 5.69 Å². The van der Waals surface area contributed by atoms with E-state index in [-0.39, 0.29) is 12.0 Å². The molecule has 1 aliphatic heterocycles. The molecule has 2 heterocycles. The van der Waals surface area contributed by atoms with Gasteiger partial charge < -0.3 is 14.5 Å². The molecule has 1 saturated heterocycles. The molecule has 0 radical (unpaired) electrons. The minimum absolute atomic E-state index is 0.120. The first-order valence-electron chi connectivity index (χ1n) is 9.74. The van der Waals surface area contributed by atoms with Crippen molar-refractivity contribution in [1.29, 1.82) is 0 Å². The lowest BCUT2D eigenvalue weighted by molar-refractivity contribution is 0.0511. The van der Waals surface area contributed by atoms with E-state index in [4.69, 9.17) is 4.74 Å². The zero-order chi connectivity index (χ0) is 19.4. The molecule has 0 bridgehead atoms.